The van der Waals surface area contributed by atoms with Gasteiger partial charge in [0.25, 0.3) is 0 Å². The maximum Gasteiger partial charge on any atom is 0.243 e. The van der Waals surface area contributed by atoms with E-state index < -0.39 is 59.7 Å². The van der Waals surface area contributed by atoms with Gasteiger partial charge >= 0.3 is 0 Å². The average Bonchev–Trinajstić information content (AvgIpc) is 2.98. The topological polar surface area (TPSA) is 250 Å². The zero-order chi connectivity index (χ0) is 33.1. The molecule has 1 rings (SSSR count). The molecule has 0 radical (unpaired) electrons. The Kier molecular flexibility index (Phi) is 18.6. The van der Waals surface area contributed by atoms with Crippen molar-refractivity contribution in [1.82, 2.24) is 21.3 Å². The summed E-state index contributed by atoms with van der Waals surface area (Å²) < 4.78 is 0. The van der Waals surface area contributed by atoms with Gasteiger partial charge in [0.15, 0.2) is 5.96 Å². The van der Waals surface area contributed by atoms with Crippen LogP contribution >= 0.6 is 23.5 Å². The fourth-order valence-corrected chi connectivity index (χ4v) is 4.92. The van der Waals surface area contributed by atoms with E-state index in [2.05, 4.69) is 26.3 Å². The zero-order valence-electron chi connectivity index (χ0n) is 25.5. The lowest BCUT2D eigenvalue weighted by Crippen LogP contribution is -2.59. The Hall–Kier alpha value is -3.50. The molecule has 0 spiro atoms. The van der Waals surface area contributed by atoms with Crippen LogP contribution in [0.25, 0.3) is 0 Å². The molecule has 5 amide bonds. The molecule has 0 bridgehead atoms. The van der Waals surface area contributed by atoms with Crippen LogP contribution in [0.2, 0.25) is 0 Å². The molecule has 246 valence electrons. The lowest BCUT2D eigenvalue weighted by atomic mass is 10.0. The predicted octanol–water partition coefficient (Wildman–Crippen LogP) is -1.44. The van der Waals surface area contributed by atoms with Gasteiger partial charge in [-0.05, 0) is 62.2 Å². The van der Waals surface area contributed by atoms with Crippen molar-refractivity contribution in [3.05, 3.63) is 35.9 Å². The molecule has 16 heteroatoms. The number of carbonyl (C=O) groups excluding carboxylic acids is 5. The molecule has 14 nitrogen and oxygen atoms in total. The second kappa shape index (κ2) is 21.2. The minimum absolute atomic E-state index is 0.112. The highest BCUT2D eigenvalue weighted by atomic mass is 32.2. The number of amides is 5. The summed E-state index contributed by atoms with van der Waals surface area (Å²) in [6, 6.07) is 4.19. The van der Waals surface area contributed by atoms with Gasteiger partial charge < -0.3 is 44.2 Å². The Morgan fingerprint density at radius 3 is 1.61 bits per heavy atom. The smallest absolute Gasteiger partial charge is 0.243 e. The van der Waals surface area contributed by atoms with Crippen LogP contribution in [0.15, 0.2) is 35.3 Å². The van der Waals surface area contributed by atoms with Crippen molar-refractivity contribution >= 4 is 59.0 Å². The number of benzene rings is 1. The van der Waals surface area contributed by atoms with Crippen LogP contribution in [-0.2, 0) is 30.4 Å². The van der Waals surface area contributed by atoms with Crippen molar-refractivity contribution in [3.8, 4) is 0 Å². The summed E-state index contributed by atoms with van der Waals surface area (Å²) in [4.78, 5) is 68.6. The first-order chi connectivity index (χ1) is 20.9. The molecule has 12 N–H and O–H groups in total. The quantitative estimate of drug-likeness (QED) is 0.0436. The van der Waals surface area contributed by atoms with Gasteiger partial charge in [-0.2, -0.15) is 23.5 Å². The lowest BCUT2D eigenvalue weighted by molar-refractivity contribution is -0.134. The monoisotopic (exact) mass is 653 g/mol. The molecule has 44 heavy (non-hydrogen) atoms. The summed E-state index contributed by atoms with van der Waals surface area (Å²) in [5, 5.41) is 10.7. The SMILES string of the molecule is CSCC[C@H](NC(=O)[C@H](C)N)C(=O)N[C@@H](CCSC)C(=O)N[C@@H](CCCN=C(N)N)C(=O)N[C@@H](Cc1ccccc1)C(N)=O. The molecule has 1 aromatic rings. The number of nitrogens with zero attached hydrogens (tertiary/aromatic N) is 1. The first-order valence-corrected chi connectivity index (χ1v) is 17.0. The molecule has 0 aliphatic heterocycles. The summed E-state index contributed by atoms with van der Waals surface area (Å²) in [6.07, 6.45) is 4.94. The first kappa shape index (κ1) is 38.5. The van der Waals surface area contributed by atoms with Crippen LogP contribution in [-0.4, -0.2) is 96.3 Å². The van der Waals surface area contributed by atoms with Gasteiger partial charge in [-0.15, -0.1) is 0 Å². The van der Waals surface area contributed by atoms with E-state index in [1.807, 2.05) is 18.6 Å². The van der Waals surface area contributed by atoms with Crippen molar-refractivity contribution in [1.29, 1.82) is 0 Å². The standard InChI is InChI=1S/C28H47N9O5S2/c1-17(29)24(39)34-20(11-14-43-2)26(41)36-21(12-15-44-3)27(42)35-19(10-7-13-33-28(31)32)25(40)37-22(23(30)38)16-18-8-5-4-6-9-18/h4-6,8-9,17,19-22H,7,10-16,29H2,1-3H3,(H2,30,38)(H,34,39)(H,35,42)(H,36,41)(H,37,40)(H4,31,32,33)/t17-,19-,20-,21-,22-/m0/s1. The molecule has 0 saturated heterocycles. The van der Waals surface area contributed by atoms with Gasteiger partial charge in [-0.25, -0.2) is 0 Å². The molecule has 0 fully saturated rings. The number of thioether (sulfide) groups is 2. The Labute approximate surface area is 267 Å². The normalized spacial score (nSPS) is 14.2. The highest BCUT2D eigenvalue weighted by Crippen LogP contribution is 2.09. The van der Waals surface area contributed by atoms with Gasteiger partial charge in [-0.3, -0.25) is 29.0 Å². The van der Waals surface area contributed by atoms with Gasteiger partial charge in [0.05, 0.1) is 6.04 Å². The van der Waals surface area contributed by atoms with Crippen molar-refractivity contribution in [2.75, 3.05) is 30.6 Å². The van der Waals surface area contributed by atoms with Crippen LogP contribution in [0.4, 0.5) is 0 Å². The number of guanidine groups is 1. The summed E-state index contributed by atoms with van der Waals surface area (Å²) >= 11 is 2.98. The van der Waals surface area contributed by atoms with Crippen LogP contribution in [0.3, 0.4) is 0 Å². The minimum Gasteiger partial charge on any atom is -0.370 e. The number of nitrogens with one attached hydrogen (secondary N) is 4. The molecule has 5 atom stereocenters. The third kappa shape index (κ3) is 15.3. The summed E-state index contributed by atoms with van der Waals surface area (Å²) in [5.74, 6) is -1.99. The van der Waals surface area contributed by atoms with E-state index in [9.17, 15) is 24.0 Å². The Bertz CT molecular complexity index is 1100. The third-order valence-corrected chi connectivity index (χ3v) is 7.71. The van der Waals surface area contributed by atoms with Crippen LogP contribution in [0, 0.1) is 0 Å². The maximum absolute atomic E-state index is 13.5. The van der Waals surface area contributed by atoms with E-state index in [4.69, 9.17) is 22.9 Å². The zero-order valence-corrected chi connectivity index (χ0v) is 27.2. The predicted molar refractivity (Wildman–Crippen MR) is 177 cm³/mol. The van der Waals surface area contributed by atoms with Crippen molar-refractivity contribution in [2.45, 2.75) is 69.2 Å². The molecular formula is C28H47N9O5S2. The fraction of sp³-hybridized carbons (Fsp3) is 0.571. The van der Waals surface area contributed by atoms with E-state index in [0.29, 0.717) is 24.3 Å². The highest BCUT2D eigenvalue weighted by Gasteiger charge is 2.31. The van der Waals surface area contributed by atoms with Gasteiger partial charge in [0.2, 0.25) is 29.5 Å². The van der Waals surface area contributed by atoms with Crippen molar-refractivity contribution in [2.24, 2.45) is 27.9 Å². The number of hydrogen-bond acceptors (Lipinski definition) is 9. The van der Waals surface area contributed by atoms with Crippen LogP contribution in [0.1, 0.15) is 38.2 Å². The second-order valence-corrected chi connectivity index (χ2v) is 12.1. The van der Waals surface area contributed by atoms with E-state index in [0.717, 1.165) is 5.56 Å². The summed E-state index contributed by atoms with van der Waals surface area (Å²) in [5.41, 5.74) is 22.9. The molecule has 0 aliphatic carbocycles. The first-order valence-electron chi connectivity index (χ1n) is 14.2. The van der Waals surface area contributed by atoms with E-state index in [1.54, 1.807) is 24.3 Å². The lowest BCUT2D eigenvalue weighted by Gasteiger charge is -2.26. The van der Waals surface area contributed by atoms with Crippen molar-refractivity contribution < 1.29 is 24.0 Å². The number of rotatable bonds is 21. The third-order valence-electron chi connectivity index (χ3n) is 6.42. The molecule has 1 aromatic carbocycles. The van der Waals surface area contributed by atoms with Gasteiger partial charge in [0.1, 0.15) is 24.2 Å². The molecule has 0 heterocycles. The Morgan fingerprint density at radius 2 is 1.18 bits per heavy atom. The molecule has 0 saturated carbocycles. The average molecular weight is 654 g/mol. The highest BCUT2D eigenvalue weighted by molar-refractivity contribution is 7.98. The number of hydrogen-bond donors (Lipinski definition) is 8. The summed E-state index contributed by atoms with van der Waals surface area (Å²) in [6.45, 7) is 1.71. The van der Waals surface area contributed by atoms with Crippen LogP contribution in [0.5, 0.6) is 0 Å². The number of primary amides is 1. The Balaban J connectivity index is 3.15. The fourth-order valence-electron chi connectivity index (χ4n) is 3.97. The summed E-state index contributed by atoms with van der Waals surface area (Å²) in [7, 11) is 0. The minimum atomic E-state index is -1.09. The largest absolute Gasteiger partial charge is 0.370 e. The molecular weight excluding hydrogens is 607 g/mol. The number of carbonyl (C=O) groups is 5. The van der Waals surface area contributed by atoms with E-state index >= 15 is 0 Å². The molecule has 0 unspecified atom stereocenters. The molecule has 0 aliphatic rings. The van der Waals surface area contributed by atoms with Gasteiger partial charge in [0, 0.05) is 13.0 Å². The van der Waals surface area contributed by atoms with Gasteiger partial charge in [-0.1, -0.05) is 30.3 Å². The number of nitrogens with two attached hydrogens (primary N) is 4. The van der Waals surface area contributed by atoms with Crippen molar-refractivity contribution in [3.63, 3.8) is 0 Å². The van der Waals surface area contributed by atoms with E-state index in [1.165, 1.54) is 30.4 Å². The Morgan fingerprint density at radius 1 is 0.727 bits per heavy atom. The van der Waals surface area contributed by atoms with Crippen LogP contribution < -0.4 is 44.2 Å². The molecule has 0 aromatic heterocycles. The maximum atomic E-state index is 13.5. The van der Waals surface area contributed by atoms with E-state index in [-0.39, 0.29) is 31.8 Å². The second-order valence-electron chi connectivity index (χ2n) is 10.1. The number of aliphatic imine (C=N–C) groups is 1.